The average Bonchev–Trinajstić information content (AvgIpc) is 3.59. The van der Waals surface area contributed by atoms with E-state index in [0.29, 0.717) is 59.8 Å². The SMILES string of the molecule is C#Cc1c(F)ccc2cc(O)cc(C3NC(OC)=c4c(N5CCC[C@@](C)(O)C5)nc(OCC56CCC[C@H]5N(CC5CCOCC5)CCC6)nc4=C3F)c12. The Morgan fingerprint density at radius 3 is 2.64 bits per heavy atom. The van der Waals surface area contributed by atoms with Crippen LogP contribution < -0.4 is 25.5 Å². The average molecular weight is 730 g/mol. The number of benzene rings is 2. The highest BCUT2D eigenvalue weighted by molar-refractivity contribution is 5.94. The van der Waals surface area contributed by atoms with Crippen LogP contribution in [0.1, 0.15) is 81.9 Å². The third-order valence-electron chi connectivity index (χ3n) is 12.3. The Balaban J connectivity index is 1.22. The summed E-state index contributed by atoms with van der Waals surface area (Å²) in [5, 5.41) is 26.0. The number of hydrogen-bond donors (Lipinski definition) is 3. The molecule has 5 aliphatic rings. The minimum Gasteiger partial charge on any atom is -0.508 e. The van der Waals surface area contributed by atoms with Crippen molar-refractivity contribution in [2.24, 2.45) is 11.3 Å². The van der Waals surface area contributed by atoms with Gasteiger partial charge in [0.2, 0.25) is 5.88 Å². The van der Waals surface area contributed by atoms with E-state index in [1.807, 2.05) is 4.90 Å². The lowest BCUT2D eigenvalue weighted by Crippen LogP contribution is -2.54. The molecule has 0 bridgehead atoms. The third-order valence-corrected chi connectivity index (χ3v) is 12.3. The lowest BCUT2D eigenvalue weighted by Gasteiger charge is -2.47. The quantitative estimate of drug-likeness (QED) is 0.289. The third kappa shape index (κ3) is 6.66. The summed E-state index contributed by atoms with van der Waals surface area (Å²) in [6.45, 7) is 6.86. The highest BCUT2D eigenvalue weighted by Gasteiger charge is 2.49. The van der Waals surface area contributed by atoms with Crippen molar-refractivity contribution in [1.82, 2.24) is 20.2 Å². The van der Waals surface area contributed by atoms with E-state index in [0.717, 1.165) is 71.2 Å². The van der Waals surface area contributed by atoms with Crippen molar-refractivity contribution in [2.45, 2.75) is 82.4 Å². The summed E-state index contributed by atoms with van der Waals surface area (Å²) in [4.78, 5) is 14.3. The molecule has 3 saturated heterocycles. The van der Waals surface area contributed by atoms with Gasteiger partial charge in [-0.2, -0.15) is 9.97 Å². The van der Waals surface area contributed by atoms with Crippen molar-refractivity contribution < 1.29 is 33.2 Å². The topological polar surface area (TPSA) is 112 Å². The lowest BCUT2D eigenvalue weighted by molar-refractivity contribution is -0.0204. The fourth-order valence-corrected chi connectivity index (χ4v) is 9.81. The molecular formula is C41H49F2N5O5. The molecule has 4 aliphatic heterocycles. The summed E-state index contributed by atoms with van der Waals surface area (Å²) in [6.07, 6.45) is 14.7. The zero-order valence-electron chi connectivity index (χ0n) is 30.6. The van der Waals surface area contributed by atoms with Gasteiger partial charge in [0.05, 0.1) is 24.9 Å². The smallest absolute Gasteiger partial charge is 0.319 e. The van der Waals surface area contributed by atoms with Crippen LogP contribution in [-0.2, 0) is 9.47 Å². The number of halogens is 2. The predicted octanol–water partition coefficient (Wildman–Crippen LogP) is 4.38. The molecule has 53 heavy (non-hydrogen) atoms. The van der Waals surface area contributed by atoms with E-state index in [-0.39, 0.29) is 46.1 Å². The van der Waals surface area contributed by atoms with Crippen LogP contribution in [0.15, 0.2) is 24.3 Å². The number of aliphatic hydroxyl groups is 1. The maximum Gasteiger partial charge on any atom is 0.319 e. The molecule has 1 aliphatic carbocycles. The van der Waals surface area contributed by atoms with Gasteiger partial charge in [-0.15, -0.1) is 6.42 Å². The van der Waals surface area contributed by atoms with Crippen LogP contribution in [0.4, 0.5) is 14.6 Å². The number of ether oxygens (including phenoxy) is 3. The van der Waals surface area contributed by atoms with Gasteiger partial charge in [0, 0.05) is 49.7 Å². The minimum atomic E-state index is -1.24. The first kappa shape index (κ1) is 35.8. The fourth-order valence-electron chi connectivity index (χ4n) is 9.81. The number of fused-ring (bicyclic) bond motifs is 3. The molecule has 2 unspecified atom stereocenters. The Labute approximate surface area is 308 Å². The number of terminal acetylenes is 1. The number of anilines is 1. The molecule has 10 nitrogen and oxygen atoms in total. The molecule has 3 N–H and O–H groups in total. The van der Waals surface area contributed by atoms with Crippen molar-refractivity contribution in [3.8, 4) is 24.1 Å². The lowest BCUT2D eigenvalue weighted by atomic mass is 9.75. The van der Waals surface area contributed by atoms with Gasteiger partial charge in [0.15, 0.2) is 5.83 Å². The summed E-state index contributed by atoms with van der Waals surface area (Å²) >= 11 is 0. The molecule has 12 heteroatoms. The van der Waals surface area contributed by atoms with Gasteiger partial charge >= 0.3 is 6.01 Å². The zero-order valence-corrected chi connectivity index (χ0v) is 30.6. The van der Waals surface area contributed by atoms with Crippen LogP contribution in [0.3, 0.4) is 0 Å². The number of β-amino-alcohol motifs (C(OH)–C–C–N with tert-alkyl or cyclic N) is 1. The van der Waals surface area contributed by atoms with Crippen molar-refractivity contribution in [3.63, 3.8) is 0 Å². The first-order chi connectivity index (χ1) is 25.6. The van der Waals surface area contributed by atoms with E-state index in [2.05, 4.69) is 16.1 Å². The number of piperidine rings is 2. The number of likely N-dealkylation sites (tertiary alicyclic amines) is 1. The maximum atomic E-state index is 17.3. The Morgan fingerprint density at radius 2 is 1.87 bits per heavy atom. The highest BCUT2D eigenvalue weighted by atomic mass is 19.1. The molecule has 282 valence electrons. The van der Waals surface area contributed by atoms with E-state index < -0.39 is 23.3 Å². The number of aromatic nitrogens is 2. The Bertz CT molecular complexity index is 2060. The number of phenols is 1. The second kappa shape index (κ2) is 14.2. The molecule has 1 saturated carbocycles. The Kier molecular flexibility index (Phi) is 9.62. The number of hydrogen-bond acceptors (Lipinski definition) is 10. The second-order valence-electron chi connectivity index (χ2n) is 15.9. The van der Waals surface area contributed by atoms with E-state index >= 15 is 8.78 Å². The maximum absolute atomic E-state index is 17.3. The Morgan fingerprint density at radius 1 is 1.08 bits per heavy atom. The van der Waals surface area contributed by atoms with Gasteiger partial charge in [0.25, 0.3) is 0 Å². The molecule has 3 aromatic rings. The molecular weight excluding hydrogens is 680 g/mol. The van der Waals surface area contributed by atoms with Gasteiger partial charge in [-0.3, -0.25) is 4.90 Å². The highest BCUT2D eigenvalue weighted by Crippen LogP contribution is 2.48. The summed E-state index contributed by atoms with van der Waals surface area (Å²) in [7, 11) is 1.47. The number of phenolic OH excluding ortho intramolecular Hbond substituents is 1. The molecule has 1 aromatic heterocycles. The number of nitrogens with zero attached hydrogens (tertiary/aromatic N) is 4. The summed E-state index contributed by atoms with van der Waals surface area (Å²) in [5.74, 6) is 2.19. The zero-order chi connectivity index (χ0) is 36.9. The molecule has 0 amide bonds. The van der Waals surface area contributed by atoms with E-state index in [4.69, 9.17) is 30.6 Å². The number of aromatic hydroxyl groups is 1. The van der Waals surface area contributed by atoms with Gasteiger partial charge < -0.3 is 34.6 Å². The van der Waals surface area contributed by atoms with E-state index in [1.54, 1.807) is 6.92 Å². The van der Waals surface area contributed by atoms with Crippen molar-refractivity contribution in [3.05, 3.63) is 51.8 Å². The monoisotopic (exact) mass is 729 g/mol. The first-order valence-electron chi connectivity index (χ1n) is 19.1. The van der Waals surface area contributed by atoms with Gasteiger partial charge in [-0.05, 0) is 99.9 Å². The van der Waals surface area contributed by atoms with Gasteiger partial charge in [-0.1, -0.05) is 18.4 Å². The van der Waals surface area contributed by atoms with Gasteiger partial charge in [-0.25, -0.2) is 8.78 Å². The second-order valence-corrected chi connectivity index (χ2v) is 15.9. The van der Waals surface area contributed by atoms with E-state index in [1.165, 1.54) is 31.4 Å². The molecule has 5 heterocycles. The summed E-state index contributed by atoms with van der Waals surface area (Å²) < 4.78 is 50.5. The fraction of sp³-hybridized carbons (Fsp3) is 0.561. The van der Waals surface area contributed by atoms with Crippen molar-refractivity contribution in [2.75, 3.05) is 58.0 Å². The van der Waals surface area contributed by atoms with Crippen molar-refractivity contribution >= 4 is 28.3 Å². The van der Waals surface area contributed by atoms with Crippen LogP contribution in [0, 0.1) is 29.5 Å². The minimum absolute atomic E-state index is 0.0313. The molecule has 8 rings (SSSR count). The normalized spacial score (nSPS) is 28.0. The van der Waals surface area contributed by atoms with Crippen LogP contribution in [0.25, 0.3) is 22.5 Å². The van der Waals surface area contributed by atoms with Crippen molar-refractivity contribution in [1.29, 1.82) is 0 Å². The molecule has 0 radical (unpaired) electrons. The number of nitrogens with one attached hydrogen (secondary N) is 1. The molecule has 0 spiro atoms. The van der Waals surface area contributed by atoms with Crippen LogP contribution in [0.5, 0.6) is 11.8 Å². The van der Waals surface area contributed by atoms with Crippen LogP contribution in [0.2, 0.25) is 0 Å². The molecule has 4 fully saturated rings. The predicted molar refractivity (Wildman–Crippen MR) is 198 cm³/mol. The molecule has 2 aromatic carbocycles. The Hall–Kier alpha value is -4.18. The number of methoxy groups -OCH3 is 1. The standard InChI is InChI=1S/C41H49F2N5O5/c1-4-28-30(42)10-9-26-20-27(49)21-29(32(26)28)35-34(43)36-33(38(44-35)51-3)37(48-17-6-13-40(2,50)23-48)46-39(45-36)53-24-41-14-5-8-31(41)47(16-7-15-41)22-25-11-18-52-19-12-25/h1,9-10,20-21,25,31,35,44,49-50H,5-8,11-19,22-24H2,2-3H3/t31-,35?,40-,41?/m1/s1. The summed E-state index contributed by atoms with van der Waals surface area (Å²) in [6, 6.07) is 4.79. The van der Waals surface area contributed by atoms with Crippen LogP contribution in [-0.4, -0.2) is 89.8 Å². The largest absolute Gasteiger partial charge is 0.508 e. The summed E-state index contributed by atoms with van der Waals surface area (Å²) in [5.41, 5.74) is -0.861. The molecule has 4 atom stereocenters. The first-order valence-corrected chi connectivity index (χ1v) is 19.1. The van der Waals surface area contributed by atoms with Crippen LogP contribution >= 0.6 is 0 Å². The number of rotatable bonds is 8. The van der Waals surface area contributed by atoms with Gasteiger partial charge in [0.1, 0.15) is 34.0 Å². The van der Waals surface area contributed by atoms with E-state index in [9.17, 15) is 10.2 Å².